The minimum atomic E-state index is 0.802. The average molecular weight is 257 g/mol. The van der Waals surface area contributed by atoms with Crippen molar-refractivity contribution in [1.29, 1.82) is 0 Å². The van der Waals surface area contributed by atoms with E-state index >= 15 is 0 Å². The summed E-state index contributed by atoms with van der Waals surface area (Å²) in [4.78, 5) is 1.42. The van der Waals surface area contributed by atoms with Gasteiger partial charge in [-0.05, 0) is 53.9 Å². The van der Waals surface area contributed by atoms with E-state index in [-0.39, 0.29) is 0 Å². The second-order valence-electron chi connectivity index (χ2n) is 5.06. The molecule has 0 spiro atoms. The summed E-state index contributed by atoms with van der Waals surface area (Å²) in [7, 11) is 2.00. The molecule has 0 saturated heterocycles. The van der Waals surface area contributed by atoms with E-state index < -0.39 is 0 Å². The molecule has 1 aliphatic rings. The van der Waals surface area contributed by atoms with Gasteiger partial charge in [0.15, 0.2) is 0 Å². The summed E-state index contributed by atoms with van der Waals surface area (Å²) in [5.41, 5.74) is 4.40. The third-order valence-corrected chi connectivity index (χ3v) is 4.82. The molecule has 94 valence electrons. The van der Waals surface area contributed by atoms with E-state index in [1.165, 1.54) is 35.3 Å². The van der Waals surface area contributed by atoms with Crippen LogP contribution in [0.25, 0.3) is 10.4 Å². The molecule has 1 aliphatic carbocycles. The van der Waals surface area contributed by atoms with Crippen LogP contribution in [0.2, 0.25) is 0 Å². The molecule has 0 bridgehead atoms. The van der Waals surface area contributed by atoms with E-state index in [2.05, 4.69) is 41.0 Å². The Hall–Kier alpha value is -1.12. The number of hydrogen-bond acceptors (Lipinski definition) is 2. The lowest BCUT2D eigenvalue weighted by Gasteiger charge is -2.27. The van der Waals surface area contributed by atoms with Gasteiger partial charge in [0.25, 0.3) is 0 Å². The molecule has 1 fully saturated rings. The van der Waals surface area contributed by atoms with Crippen LogP contribution in [0.4, 0.5) is 0 Å². The SMILES string of the molecule is CNCc1csc(-c2ccccc2C2CCC2)c1. The molecular formula is C16H19NS. The molecule has 2 heteroatoms. The summed E-state index contributed by atoms with van der Waals surface area (Å²) >= 11 is 1.87. The molecule has 2 aromatic rings. The Balaban J connectivity index is 1.94. The largest absolute Gasteiger partial charge is 0.316 e. The third-order valence-electron chi connectivity index (χ3n) is 3.81. The van der Waals surface area contributed by atoms with Crippen LogP contribution in [0.5, 0.6) is 0 Å². The normalized spacial score (nSPS) is 15.6. The Morgan fingerprint density at radius 3 is 2.83 bits per heavy atom. The van der Waals surface area contributed by atoms with Gasteiger partial charge in [-0.2, -0.15) is 0 Å². The molecule has 0 radical (unpaired) electrons. The quantitative estimate of drug-likeness (QED) is 0.856. The molecule has 1 heterocycles. The van der Waals surface area contributed by atoms with Crippen LogP contribution < -0.4 is 5.32 Å². The molecule has 0 aliphatic heterocycles. The molecule has 1 aromatic carbocycles. The highest BCUT2D eigenvalue weighted by Gasteiger charge is 2.22. The number of nitrogens with one attached hydrogen (secondary N) is 1. The number of hydrogen-bond donors (Lipinski definition) is 1. The zero-order valence-corrected chi connectivity index (χ0v) is 11.6. The molecule has 1 saturated carbocycles. The Bertz CT molecular complexity index is 525. The van der Waals surface area contributed by atoms with Gasteiger partial charge in [-0.15, -0.1) is 11.3 Å². The highest BCUT2D eigenvalue weighted by atomic mass is 32.1. The first kappa shape index (κ1) is 11.9. The minimum absolute atomic E-state index is 0.802. The van der Waals surface area contributed by atoms with E-state index in [0.717, 1.165) is 12.5 Å². The van der Waals surface area contributed by atoms with Gasteiger partial charge in [0.2, 0.25) is 0 Å². The van der Waals surface area contributed by atoms with E-state index in [9.17, 15) is 0 Å². The fourth-order valence-electron chi connectivity index (χ4n) is 2.61. The van der Waals surface area contributed by atoms with Gasteiger partial charge in [0.1, 0.15) is 0 Å². The van der Waals surface area contributed by atoms with Gasteiger partial charge < -0.3 is 5.32 Å². The Kier molecular flexibility index (Phi) is 3.48. The highest BCUT2D eigenvalue weighted by Crippen LogP contribution is 2.42. The molecule has 0 unspecified atom stereocenters. The second-order valence-corrected chi connectivity index (χ2v) is 5.98. The molecular weight excluding hydrogens is 238 g/mol. The van der Waals surface area contributed by atoms with Crippen molar-refractivity contribution in [3.8, 4) is 10.4 Å². The van der Waals surface area contributed by atoms with Crippen LogP contribution in [0.1, 0.15) is 36.3 Å². The molecule has 18 heavy (non-hydrogen) atoms. The van der Waals surface area contributed by atoms with Crippen molar-refractivity contribution in [1.82, 2.24) is 5.32 Å². The van der Waals surface area contributed by atoms with Crippen molar-refractivity contribution < 1.29 is 0 Å². The number of thiophene rings is 1. The fourth-order valence-corrected chi connectivity index (χ4v) is 3.57. The summed E-state index contributed by atoms with van der Waals surface area (Å²) in [5, 5.41) is 5.48. The van der Waals surface area contributed by atoms with Gasteiger partial charge in [-0.25, -0.2) is 0 Å². The van der Waals surface area contributed by atoms with Gasteiger partial charge in [-0.1, -0.05) is 30.7 Å². The van der Waals surface area contributed by atoms with Crippen molar-refractivity contribution >= 4 is 11.3 Å². The first-order valence-corrected chi connectivity index (χ1v) is 7.58. The lowest BCUT2D eigenvalue weighted by atomic mass is 9.78. The van der Waals surface area contributed by atoms with Gasteiger partial charge in [-0.3, -0.25) is 0 Å². The third kappa shape index (κ3) is 2.23. The molecule has 1 N–H and O–H groups in total. The fraction of sp³-hybridized carbons (Fsp3) is 0.375. The minimum Gasteiger partial charge on any atom is -0.316 e. The Labute approximate surface area is 113 Å². The molecule has 0 amide bonds. The number of benzene rings is 1. The monoisotopic (exact) mass is 257 g/mol. The molecule has 1 nitrogen and oxygen atoms in total. The highest BCUT2D eigenvalue weighted by molar-refractivity contribution is 7.13. The standard InChI is InChI=1S/C16H19NS/c1-17-10-12-9-16(18-11-12)15-8-3-2-7-14(15)13-5-4-6-13/h2-3,7-9,11,13,17H,4-6,10H2,1H3. The molecule has 1 aromatic heterocycles. The summed E-state index contributed by atoms with van der Waals surface area (Å²) in [6, 6.07) is 11.3. The van der Waals surface area contributed by atoms with E-state index in [1.54, 1.807) is 5.56 Å². The van der Waals surface area contributed by atoms with Crippen LogP contribution in [0.3, 0.4) is 0 Å². The summed E-state index contributed by atoms with van der Waals surface area (Å²) < 4.78 is 0. The topological polar surface area (TPSA) is 12.0 Å². The summed E-state index contributed by atoms with van der Waals surface area (Å²) in [6.07, 6.45) is 4.13. The van der Waals surface area contributed by atoms with Crippen LogP contribution in [-0.2, 0) is 6.54 Å². The predicted octanol–water partition coefficient (Wildman–Crippen LogP) is 4.40. The van der Waals surface area contributed by atoms with E-state index in [4.69, 9.17) is 0 Å². The van der Waals surface area contributed by atoms with Crippen molar-refractivity contribution in [3.63, 3.8) is 0 Å². The van der Waals surface area contributed by atoms with Gasteiger partial charge in [0, 0.05) is 11.4 Å². The molecule has 0 atom stereocenters. The lowest BCUT2D eigenvalue weighted by molar-refractivity contribution is 0.420. The van der Waals surface area contributed by atoms with Crippen LogP contribution >= 0.6 is 11.3 Å². The first-order chi connectivity index (χ1) is 8.88. The van der Waals surface area contributed by atoms with Crippen molar-refractivity contribution in [3.05, 3.63) is 46.8 Å². The Morgan fingerprint density at radius 2 is 2.11 bits per heavy atom. The number of rotatable bonds is 4. The van der Waals surface area contributed by atoms with Crippen molar-refractivity contribution in [2.24, 2.45) is 0 Å². The lowest BCUT2D eigenvalue weighted by Crippen LogP contribution is -2.09. The van der Waals surface area contributed by atoms with Crippen molar-refractivity contribution in [2.45, 2.75) is 31.7 Å². The van der Waals surface area contributed by atoms with Crippen molar-refractivity contribution in [2.75, 3.05) is 7.05 Å². The van der Waals surface area contributed by atoms with Crippen LogP contribution in [0, 0.1) is 0 Å². The average Bonchev–Trinajstić information content (AvgIpc) is 2.77. The summed E-state index contributed by atoms with van der Waals surface area (Å²) in [6.45, 7) is 0.960. The summed E-state index contributed by atoms with van der Waals surface area (Å²) in [5.74, 6) is 0.802. The van der Waals surface area contributed by atoms with Crippen LogP contribution in [0.15, 0.2) is 35.7 Å². The van der Waals surface area contributed by atoms with Gasteiger partial charge >= 0.3 is 0 Å². The zero-order chi connectivity index (χ0) is 12.4. The maximum atomic E-state index is 3.22. The molecule has 3 rings (SSSR count). The van der Waals surface area contributed by atoms with Crippen LogP contribution in [-0.4, -0.2) is 7.05 Å². The smallest absolute Gasteiger partial charge is 0.0348 e. The second kappa shape index (κ2) is 5.25. The predicted molar refractivity (Wildman–Crippen MR) is 79.1 cm³/mol. The zero-order valence-electron chi connectivity index (χ0n) is 10.8. The first-order valence-electron chi connectivity index (χ1n) is 6.70. The maximum absolute atomic E-state index is 3.22. The van der Waals surface area contributed by atoms with Gasteiger partial charge in [0.05, 0.1) is 0 Å². The van der Waals surface area contributed by atoms with E-state index in [0.29, 0.717) is 0 Å². The Morgan fingerprint density at radius 1 is 1.28 bits per heavy atom. The van der Waals surface area contributed by atoms with E-state index in [1.807, 2.05) is 18.4 Å². The maximum Gasteiger partial charge on any atom is 0.0348 e.